The van der Waals surface area contributed by atoms with Gasteiger partial charge < -0.3 is 21.1 Å². The first-order chi connectivity index (χ1) is 11.0. The first-order valence-corrected chi connectivity index (χ1v) is 7.65. The van der Waals surface area contributed by atoms with Crippen molar-refractivity contribution in [2.45, 2.75) is 31.7 Å². The van der Waals surface area contributed by atoms with E-state index in [0.29, 0.717) is 5.69 Å². The molecule has 0 aliphatic carbocycles. The van der Waals surface area contributed by atoms with Crippen LogP contribution in [0.25, 0.3) is 0 Å². The second kappa shape index (κ2) is 7.73. The summed E-state index contributed by atoms with van der Waals surface area (Å²) in [6.07, 6.45) is 3.08. The van der Waals surface area contributed by atoms with Crippen LogP contribution in [0.3, 0.4) is 0 Å². The molecule has 2 amide bonds. The molecule has 0 saturated carbocycles. The molecule has 7 nitrogen and oxygen atoms in total. The van der Waals surface area contributed by atoms with Crippen molar-refractivity contribution in [1.29, 1.82) is 0 Å². The minimum absolute atomic E-state index is 0.0287. The fourth-order valence-corrected chi connectivity index (χ4v) is 2.48. The Labute approximate surface area is 134 Å². The van der Waals surface area contributed by atoms with Crippen molar-refractivity contribution in [3.05, 3.63) is 29.8 Å². The summed E-state index contributed by atoms with van der Waals surface area (Å²) in [5.74, 6) is -1.60. The Morgan fingerprint density at radius 2 is 1.74 bits per heavy atom. The third-order valence-corrected chi connectivity index (χ3v) is 3.84. The molecule has 124 valence electrons. The number of carboxylic acids is 1. The fourth-order valence-electron chi connectivity index (χ4n) is 2.48. The normalized spacial score (nSPS) is 15.8. The van der Waals surface area contributed by atoms with Crippen molar-refractivity contribution in [2.75, 3.05) is 18.4 Å². The van der Waals surface area contributed by atoms with Gasteiger partial charge in [0, 0.05) is 18.8 Å². The van der Waals surface area contributed by atoms with E-state index in [4.69, 9.17) is 10.8 Å². The Kier molecular flexibility index (Phi) is 5.70. The van der Waals surface area contributed by atoms with E-state index in [9.17, 15) is 14.4 Å². The number of benzene rings is 1. The highest BCUT2D eigenvalue weighted by molar-refractivity contribution is 5.97. The Balaban J connectivity index is 1.86. The average molecular weight is 319 g/mol. The molecule has 1 aliphatic rings. The van der Waals surface area contributed by atoms with E-state index < -0.39 is 17.9 Å². The highest BCUT2D eigenvalue weighted by Gasteiger charge is 2.22. The van der Waals surface area contributed by atoms with E-state index in [1.807, 2.05) is 0 Å². The molecule has 1 unspecified atom stereocenters. The fraction of sp³-hybridized carbons (Fsp3) is 0.438. The smallest absolute Gasteiger partial charge is 0.335 e. The molecule has 1 fully saturated rings. The summed E-state index contributed by atoms with van der Waals surface area (Å²) in [4.78, 5) is 36.6. The van der Waals surface area contributed by atoms with Crippen molar-refractivity contribution in [2.24, 2.45) is 5.73 Å². The highest BCUT2D eigenvalue weighted by Crippen LogP contribution is 2.12. The van der Waals surface area contributed by atoms with Crippen LogP contribution in [0.1, 0.15) is 36.0 Å². The minimum atomic E-state index is -1.04. The molecule has 1 aromatic carbocycles. The van der Waals surface area contributed by atoms with Crippen LogP contribution >= 0.6 is 0 Å². The standard InChI is InChI=1S/C16H21N3O4/c17-13(10-14(20)19-8-2-1-3-9-19)15(21)18-12-6-4-11(5-7-12)16(22)23/h4-7,13H,1-3,8-10,17H2,(H,18,21)(H,22,23). The average Bonchev–Trinajstić information content (AvgIpc) is 2.56. The van der Waals surface area contributed by atoms with Crippen molar-refractivity contribution >= 4 is 23.5 Å². The molecule has 1 saturated heterocycles. The number of carbonyl (C=O) groups excluding carboxylic acids is 2. The lowest BCUT2D eigenvalue weighted by molar-refractivity contribution is -0.134. The van der Waals surface area contributed by atoms with Gasteiger partial charge in [-0.05, 0) is 43.5 Å². The van der Waals surface area contributed by atoms with Crippen molar-refractivity contribution in [3.63, 3.8) is 0 Å². The number of rotatable bonds is 5. The van der Waals surface area contributed by atoms with E-state index in [0.717, 1.165) is 32.4 Å². The van der Waals surface area contributed by atoms with Crippen molar-refractivity contribution in [3.8, 4) is 0 Å². The molecule has 4 N–H and O–H groups in total. The summed E-state index contributed by atoms with van der Waals surface area (Å²) in [5, 5.41) is 11.4. The topological polar surface area (TPSA) is 113 Å². The lowest BCUT2D eigenvalue weighted by Crippen LogP contribution is -2.43. The summed E-state index contributed by atoms with van der Waals surface area (Å²) in [6, 6.07) is 4.83. The van der Waals surface area contributed by atoms with Crippen LogP contribution in [-0.2, 0) is 9.59 Å². The quantitative estimate of drug-likeness (QED) is 0.751. The molecule has 1 aliphatic heterocycles. The lowest BCUT2D eigenvalue weighted by Gasteiger charge is -2.27. The monoisotopic (exact) mass is 319 g/mol. The number of nitrogens with two attached hydrogens (primary N) is 1. The summed E-state index contributed by atoms with van der Waals surface area (Å²) < 4.78 is 0. The predicted octanol–water partition coefficient (Wildman–Crippen LogP) is 1.05. The maximum atomic E-state index is 12.1. The molecule has 23 heavy (non-hydrogen) atoms. The number of likely N-dealkylation sites (tertiary alicyclic amines) is 1. The van der Waals surface area contributed by atoms with E-state index in [2.05, 4.69) is 5.32 Å². The summed E-state index contributed by atoms with van der Waals surface area (Å²) in [5.41, 5.74) is 6.37. The van der Waals surface area contributed by atoms with Gasteiger partial charge in [0.15, 0.2) is 0 Å². The summed E-state index contributed by atoms with van der Waals surface area (Å²) in [6.45, 7) is 1.45. The van der Waals surface area contributed by atoms with E-state index in [1.165, 1.54) is 24.3 Å². The number of anilines is 1. The second-order valence-electron chi connectivity index (χ2n) is 5.62. The van der Waals surface area contributed by atoms with Crippen molar-refractivity contribution < 1.29 is 19.5 Å². The summed E-state index contributed by atoms with van der Waals surface area (Å²) in [7, 11) is 0. The van der Waals surface area contributed by atoms with Gasteiger partial charge in [-0.1, -0.05) is 0 Å². The molecule has 1 atom stereocenters. The van der Waals surface area contributed by atoms with Gasteiger partial charge in [-0.15, -0.1) is 0 Å². The maximum Gasteiger partial charge on any atom is 0.335 e. The SMILES string of the molecule is NC(CC(=O)N1CCCCC1)C(=O)Nc1ccc(C(=O)O)cc1. The number of nitrogens with zero attached hydrogens (tertiary/aromatic N) is 1. The minimum Gasteiger partial charge on any atom is -0.478 e. The van der Waals surface area contributed by atoms with Gasteiger partial charge in [0.25, 0.3) is 0 Å². The van der Waals surface area contributed by atoms with Crippen LogP contribution in [-0.4, -0.2) is 46.9 Å². The summed E-state index contributed by atoms with van der Waals surface area (Å²) >= 11 is 0. The molecule has 0 aromatic heterocycles. The van der Waals surface area contributed by atoms with Crippen LogP contribution in [0, 0.1) is 0 Å². The van der Waals surface area contributed by atoms with Crippen LogP contribution in [0.15, 0.2) is 24.3 Å². The van der Waals surface area contributed by atoms with Gasteiger partial charge in [-0.25, -0.2) is 4.79 Å². The molecule has 0 spiro atoms. The Morgan fingerprint density at radius 3 is 2.30 bits per heavy atom. The van der Waals surface area contributed by atoms with Gasteiger partial charge in [-0.2, -0.15) is 0 Å². The highest BCUT2D eigenvalue weighted by atomic mass is 16.4. The lowest BCUT2D eigenvalue weighted by atomic mass is 10.1. The number of piperidine rings is 1. The molecular formula is C16H21N3O4. The van der Waals surface area contributed by atoms with Crippen molar-refractivity contribution in [1.82, 2.24) is 4.90 Å². The van der Waals surface area contributed by atoms with Crippen LogP contribution in [0.2, 0.25) is 0 Å². The van der Waals surface area contributed by atoms with Gasteiger partial charge in [0.2, 0.25) is 11.8 Å². The van der Waals surface area contributed by atoms with Crippen LogP contribution in [0.5, 0.6) is 0 Å². The Bertz CT molecular complexity index is 579. The number of carboxylic acid groups (broad SMARTS) is 1. The van der Waals surface area contributed by atoms with Gasteiger partial charge in [-0.3, -0.25) is 9.59 Å². The van der Waals surface area contributed by atoms with Crippen LogP contribution in [0.4, 0.5) is 5.69 Å². The maximum absolute atomic E-state index is 12.1. The number of aromatic carboxylic acids is 1. The molecule has 1 aromatic rings. The van der Waals surface area contributed by atoms with Gasteiger partial charge in [0.05, 0.1) is 18.0 Å². The predicted molar refractivity (Wildman–Crippen MR) is 85.1 cm³/mol. The number of hydrogen-bond acceptors (Lipinski definition) is 4. The molecule has 1 heterocycles. The van der Waals surface area contributed by atoms with E-state index in [-0.39, 0.29) is 17.9 Å². The third kappa shape index (κ3) is 4.79. The third-order valence-electron chi connectivity index (χ3n) is 3.84. The van der Waals surface area contributed by atoms with Gasteiger partial charge in [0.1, 0.15) is 0 Å². The Hall–Kier alpha value is -2.41. The number of carbonyl (C=O) groups is 3. The first kappa shape index (κ1) is 17.0. The first-order valence-electron chi connectivity index (χ1n) is 7.65. The molecule has 0 bridgehead atoms. The molecular weight excluding hydrogens is 298 g/mol. The largest absolute Gasteiger partial charge is 0.478 e. The zero-order chi connectivity index (χ0) is 16.8. The van der Waals surface area contributed by atoms with Gasteiger partial charge >= 0.3 is 5.97 Å². The zero-order valence-electron chi connectivity index (χ0n) is 12.8. The van der Waals surface area contributed by atoms with E-state index >= 15 is 0 Å². The van der Waals surface area contributed by atoms with Crippen LogP contribution < -0.4 is 11.1 Å². The Morgan fingerprint density at radius 1 is 1.13 bits per heavy atom. The zero-order valence-corrected chi connectivity index (χ0v) is 12.8. The number of hydrogen-bond donors (Lipinski definition) is 3. The molecule has 2 rings (SSSR count). The second-order valence-corrected chi connectivity index (χ2v) is 5.62. The molecule has 0 radical (unpaired) electrons. The van der Waals surface area contributed by atoms with E-state index in [1.54, 1.807) is 4.90 Å². The molecule has 7 heteroatoms. The number of amides is 2. The number of nitrogens with one attached hydrogen (secondary N) is 1.